The fourth-order valence-electron chi connectivity index (χ4n) is 2.05. The first-order chi connectivity index (χ1) is 8.22. The van der Waals surface area contributed by atoms with E-state index < -0.39 is 0 Å². The van der Waals surface area contributed by atoms with Gasteiger partial charge in [-0.15, -0.1) is 0 Å². The molecule has 0 aromatic heterocycles. The Bertz CT molecular complexity index is 502. The number of aliphatic hydroxyl groups is 1. The first-order valence-corrected chi connectivity index (χ1v) is 6.06. The van der Waals surface area contributed by atoms with Gasteiger partial charge in [-0.25, -0.2) is 0 Å². The molecular weight excluding hydrogens is 208 g/mol. The summed E-state index contributed by atoms with van der Waals surface area (Å²) in [6.45, 7) is 4.10. The Hall–Kier alpha value is -1.60. The molecule has 0 saturated heterocycles. The Morgan fingerprint density at radius 1 is 1.06 bits per heavy atom. The summed E-state index contributed by atoms with van der Waals surface area (Å²) in [7, 11) is 0. The highest BCUT2D eigenvalue weighted by molar-refractivity contribution is 5.67. The van der Waals surface area contributed by atoms with Gasteiger partial charge in [0.1, 0.15) is 0 Å². The van der Waals surface area contributed by atoms with Gasteiger partial charge in [-0.3, -0.25) is 0 Å². The van der Waals surface area contributed by atoms with E-state index in [4.69, 9.17) is 0 Å². The van der Waals surface area contributed by atoms with Gasteiger partial charge in [-0.05, 0) is 41.7 Å². The normalized spacial score (nSPS) is 12.4. The van der Waals surface area contributed by atoms with Crippen LogP contribution in [0.1, 0.15) is 30.6 Å². The number of benzene rings is 2. The third-order valence-corrected chi connectivity index (χ3v) is 3.11. The van der Waals surface area contributed by atoms with Crippen molar-refractivity contribution >= 4 is 0 Å². The zero-order valence-corrected chi connectivity index (χ0v) is 10.4. The summed E-state index contributed by atoms with van der Waals surface area (Å²) in [4.78, 5) is 0. The maximum Gasteiger partial charge on any atom is 0.0787 e. The molecule has 2 aromatic carbocycles. The van der Waals surface area contributed by atoms with Crippen molar-refractivity contribution < 1.29 is 5.11 Å². The number of aryl methyl sites for hydroxylation is 1. The molecule has 0 bridgehead atoms. The van der Waals surface area contributed by atoms with Gasteiger partial charge >= 0.3 is 0 Å². The topological polar surface area (TPSA) is 20.2 Å². The van der Waals surface area contributed by atoms with Gasteiger partial charge < -0.3 is 5.11 Å². The Kier molecular flexibility index (Phi) is 3.60. The number of aliphatic hydroxyl groups excluding tert-OH is 1. The number of hydrogen-bond donors (Lipinski definition) is 1. The van der Waals surface area contributed by atoms with Crippen molar-refractivity contribution in [3.63, 3.8) is 0 Å². The minimum atomic E-state index is -0.362. The van der Waals surface area contributed by atoms with E-state index in [1.807, 2.05) is 31.2 Å². The lowest BCUT2D eigenvalue weighted by molar-refractivity contribution is 0.174. The van der Waals surface area contributed by atoms with E-state index in [9.17, 15) is 5.11 Å². The van der Waals surface area contributed by atoms with Crippen LogP contribution in [-0.4, -0.2) is 5.11 Å². The van der Waals surface area contributed by atoms with E-state index in [0.29, 0.717) is 0 Å². The van der Waals surface area contributed by atoms with E-state index in [2.05, 4.69) is 31.2 Å². The van der Waals surface area contributed by atoms with Crippen LogP contribution < -0.4 is 0 Å². The molecular formula is C16H18O. The highest BCUT2D eigenvalue weighted by atomic mass is 16.3. The van der Waals surface area contributed by atoms with E-state index in [0.717, 1.165) is 12.0 Å². The molecule has 2 aromatic rings. The summed E-state index contributed by atoms with van der Waals surface area (Å²) >= 11 is 0. The van der Waals surface area contributed by atoms with Gasteiger partial charge in [0, 0.05) is 0 Å². The van der Waals surface area contributed by atoms with Crippen molar-refractivity contribution in [2.24, 2.45) is 0 Å². The van der Waals surface area contributed by atoms with Gasteiger partial charge in [-0.2, -0.15) is 0 Å². The molecule has 2 rings (SSSR count). The Balaban J connectivity index is 2.43. The van der Waals surface area contributed by atoms with Crippen molar-refractivity contribution in [3.8, 4) is 11.1 Å². The van der Waals surface area contributed by atoms with Crippen molar-refractivity contribution in [3.05, 3.63) is 59.7 Å². The predicted molar refractivity (Wildman–Crippen MR) is 71.9 cm³/mol. The maximum absolute atomic E-state index is 9.87. The summed E-state index contributed by atoms with van der Waals surface area (Å²) in [5.74, 6) is 0. The molecule has 17 heavy (non-hydrogen) atoms. The SMILES string of the molecule is CC[C@H](O)c1cccc(-c2ccccc2C)c1. The van der Waals surface area contributed by atoms with Crippen LogP contribution in [0.5, 0.6) is 0 Å². The lowest BCUT2D eigenvalue weighted by atomic mass is 9.97. The van der Waals surface area contributed by atoms with Crippen LogP contribution in [0, 0.1) is 6.92 Å². The minimum Gasteiger partial charge on any atom is -0.388 e. The number of hydrogen-bond acceptors (Lipinski definition) is 1. The molecule has 0 spiro atoms. The molecule has 0 aliphatic heterocycles. The molecule has 1 atom stereocenters. The van der Waals surface area contributed by atoms with E-state index in [-0.39, 0.29) is 6.10 Å². The Labute approximate surface area is 103 Å². The molecule has 1 heteroatoms. The second-order valence-electron chi connectivity index (χ2n) is 4.36. The fraction of sp³-hybridized carbons (Fsp3) is 0.250. The third-order valence-electron chi connectivity index (χ3n) is 3.11. The molecule has 1 N–H and O–H groups in total. The van der Waals surface area contributed by atoms with Gasteiger partial charge in [0.15, 0.2) is 0 Å². The summed E-state index contributed by atoms with van der Waals surface area (Å²) in [6.07, 6.45) is 0.385. The zero-order valence-electron chi connectivity index (χ0n) is 10.4. The second-order valence-corrected chi connectivity index (χ2v) is 4.36. The maximum atomic E-state index is 9.87. The van der Waals surface area contributed by atoms with Crippen molar-refractivity contribution in [2.75, 3.05) is 0 Å². The van der Waals surface area contributed by atoms with E-state index in [1.165, 1.54) is 16.7 Å². The highest BCUT2D eigenvalue weighted by Gasteiger charge is 2.07. The molecule has 0 aliphatic carbocycles. The van der Waals surface area contributed by atoms with E-state index >= 15 is 0 Å². The van der Waals surface area contributed by atoms with Crippen LogP contribution in [-0.2, 0) is 0 Å². The van der Waals surface area contributed by atoms with E-state index in [1.54, 1.807) is 0 Å². The Morgan fingerprint density at radius 3 is 2.53 bits per heavy atom. The third kappa shape index (κ3) is 2.56. The minimum absolute atomic E-state index is 0.362. The summed E-state index contributed by atoms with van der Waals surface area (Å²) < 4.78 is 0. The zero-order chi connectivity index (χ0) is 12.3. The quantitative estimate of drug-likeness (QED) is 0.835. The monoisotopic (exact) mass is 226 g/mol. The van der Waals surface area contributed by atoms with Gasteiger partial charge in [0.05, 0.1) is 6.10 Å². The molecule has 0 saturated carbocycles. The largest absolute Gasteiger partial charge is 0.388 e. The standard InChI is InChI=1S/C16H18O/c1-3-16(17)14-9-6-8-13(11-14)15-10-5-4-7-12(15)2/h4-11,16-17H,3H2,1-2H3/t16-/m0/s1. The van der Waals surface area contributed by atoms with Crippen LogP contribution in [0.4, 0.5) is 0 Å². The average molecular weight is 226 g/mol. The van der Waals surface area contributed by atoms with Crippen LogP contribution in [0.25, 0.3) is 11.1 Å². The first-order valence-electron chi connectivity index (χ1n) is 6.06. The van der Waals surface area contributed by atoms with Crippen molar-refractivity contribution in [2.45, 2.75) is 26.4 Å². The molecule has 88 valence electrons. The highest BCUT2D eigenvalue weighted by Crippen LogP contribution is 2.26. The lowest BCUT2D eigenvalue weighted by Gasteiger charge is -2.11. The first kappa shape index (κ1) is 11.9. The van der Waals surface area contributed by atoms with Crippen LogP contribution >= 0.6 is 0 Å². The van der Waals surface area contributed by atoms with Gasteiger partial charge in [0.2, 0.25) is 0 Å². The smallest absolute Gasteiger partial charge is 0.0787 e. The summed E-state index contributed by atoms with van der Waals surface area (Å²) in [6, 6.07) is 16.5. The second kappa shape index (κ2) is 5.15. The molecule has 0 amide bonds. The molecule has 0 heterocycles. The fourth-order valence-corrected chi connectivity index (χ4v) is 2.05. The van der Waals surface area contributed by atoms with Crippen LogP contribution in [0.15, 0.2) is 48.5 Å². The number of rotatable bonds is 3. The van der Waals surface area contributed by atoms with Gasteiger partial charge in [-0.1, -0.05) is 49.4 Å². The van der Waals surface area contributed by atoms with Crippen LogP contribution in [0.2, 0.25) is 0 Å². The van der Waals surface area contributed by atoms with Gasteiger partial charge in [0.25, 0.3) is 0 Å². The molecule has 0 radical (unpaired) electrons. The lowest BCUT2D eigenvalue weighted by Crippen LogP contribution is -1.95. The molecule has 1 nitrogen and oxygen atoms in total. The van der Waals surface area contributed by atoms with Crippen LogP contribution in [0.3, 0.4) is 0 Å². The molecule has 0 fully saturated rings. The summed E-state index contributed by atoms with van der Waals surface area (Å²) in [5, 5.41) is 9.87. The average Bonchev–Trinajstić information content (AvgIpc) is 2.38. The Morgan fingerprint density at radius 2 is 1.82 bits per heavy atom. The van der Waals surface area contributed by atoms with Crippen molar-refractivity contribution in [1.29, 1.82) is 0 Å². The molecule has 0 aliphatic rings. The summed E-state index contributed by atoms with van der Waals surface area (Å²) in [5.41, 5.74) is 4.66. The van der Waals surface area contributed by atoms with Crippen molar-refractivity contribution in [1.82, 2.24) is 0 Å². The predicted octanol–water partition coefficient (Wildman–Crippen LogP) is 4.11. The molecule has 0 unspecified atom stereocenters.